The van der Waals surface area contributed by atoms with Gasteiger partial charge in [0.05, 0.1) is 11.5 Å². The molecule has 126 valence electrons. The van der Waals surface area contributed by atoms with Gasteiger partial charge in [-0.05, 0) is 66.7 Å². The minimum Gasteiger partial charge on any atom is -0.299 e. The van der Waals surface area contributed by atoms with E-state index in [1.54, 1.807) is 6.07 Å². The van der Waals surface area contributed by atoms with Crippen molar-refractivity contribution in [1.29, 1.82) is 0 Å². The molecule has 0 radical (unpaired) electrons. The molecule has 24 heavy (non-hydrogen) atoms. The maximum Gasteiger partial charge on any atom is 0.279 e. The molecule has 2 fully saturated rings. The first-order chi connectivity index (χ1) is 11.4. The van der Waals surface area contributed by atoms with Crippen LogP contribution in [0.5, 0.6) is 0 Å². The highest BCUT2D eigenvalue weighted by Crippen LogP contribution is 2.51. The summed E-state index contributed by atoms with van der Waals surface area (Å²) >= 11 is 0. The Morgan fingerprint density at radius 2 is 2.21 bits per heavy atom. The lowest BCUT2D eigenvalue weighted by Crippen LogP contribution is -2.58. The van der Waals surface area contributed by atoms with Gasteiger partial charge in [-0.2, -0.15) is 0 Å². The van der Waals surface area contributed by atoms with Crippen molar-refractivity contribution >= 4 is 11.4 Å². The van der Waals surface area contributed by atoms with Crippen molar-refractivity contribution in [3.63, 3.8) is 0 Å². The van der Waals surface area contributed by atoms with Gasteiger partial charge < -0.3 is 0 Å². The lowest BCUT2D eigenvalue weighted by Gasteiger charge is -2.55. The smallest absolute Gasteiger partial charge is 0.279 e. The predicted octanol–water partition coefficient (Wildman–Crippen LogP) is 4.08. The van der Waals surface area contributed by atoms with Crippen molar-refractivity contribution in [2.24, 2.45) is 11.8 Å². The third-order valence-corrected chi connectivity index (χ3v) is 6.72. The quantitative estimate of drug-likeness (QED) is 0.478. The summed E-state index contributed by atoms with van der Waals surface area (Å²) in [4.78, 5) is 17.0. The maximum absolute atomic E-state index is 11.3. The van der Waals surface area contributed by atoms with E-state index in [-0.39, 0.29) is 16.8 Å². The fraction of sp³-hybridized carbons (Fsp3) is 0.632. The summed E-state index contributed by atoms with van der Waals surface area (Å²) in [6.45, 7) is 14.2. The Balaban J connectivity index is 1.78. The number of piperidine rings is 1. The molecule has 1 aromatic rings. The molecule has 1 aromatic carbocycles. The van der Waals surface area contributed by atoms with Crippen LogP contribution in [0.3, 0.4) is 0 Å². The van der Waals surface area contributed by atoms with Crippen molar-refractivity contribution in [2.45, 2.75) is 51.0 Å². The van der Waals surface area contributed by atoms with E-state index in [9.17, 15) is 10.1 Å². The zero-order valence-corrected chi connectivity index (χ0v) is 14.3. The van der Waals surface area contributed by atoms with Crippen LogP contribution < -0.4 is 0 Å². The van der Waals surface area contributed by atoms with Gasteiger partial charge in [-0.25, -0.2) is 4.85 Å². The van der Waals surface area contributed by atoms with Crippen LogP contribution in [0.25, 0.3) is 4.85 Å². The maximum atomic E-state index is 11.3. The summed E-state index contributed by atoms with van der Waals surface area (Å²) in [5.74, 6) is 1.37. The molecule has 2 bridgehead atoms. The number of fused-ring (bicyclic) bond motifs is 4. The predicted molar refractivity (Wildman–Crippen MR) is 92.3 cm³/mol. The average Bonchev–Trinajstić information content (AvgIpc) is 3.36. The molecule has 5 nitrogen and oxygen atoms in total. The van der Waals surface area contributed by atoms with Crippen molar-refractivity contribution in [1.82, 2.24) is 4.90 Å². The number of hydrogen-bond acceptors (Lipinski definition) is 3. The highest BCUT2D eigenvalue weighted by Gasteiger charge is 2.49. The summed E-state index contributed by atoms with van der Waals surface area (Å²) in [6.07, 6.45) is 4.65. The minimum atomic E-state index is -0.411. The van der Waals surface area contributed by atoms with E-state index >= 15 is 0 Å². The lowest BCUT2D eigenvalue weighted by atomic mass is 9.59. The van der Waals surface area contributed by atoms with Crippen LogP contribution in [0, 0.1) is 28.5 Å². The number of benzene rings is 1. The largest absolute Gasteiger partial charge is 0.299 e. The highest BCUT2D eigenvalue weighted by atomic mass is 16.6. The van der Waals surface area contributed by atoms with Crippen molar-refractivity contribution < 1.29 is 4.92 Å². The summed E-state index contributed by atoms with van der Waals surface area (Å²) < 4.78 is 0. The summed E-state index contributed by atoms with van der Waals surface area (Å²) in [5.41, 5.74) is 2.43. The Morgan fingerprint density at radius 3 is 2.83 bits per heavy atom. The Labute approximate surface area is 142 Å². The average molecular weight is 325 g/mol. The Bertz CT molecular complexity index is 750. The molecule has 0 aromatic heterocycles. The number of likely N-dealkylation sites (tertiary alicyclic amines) is 1. The molecule has 1 saturated carbocycles. The van der Waals surface area contributed by atoms with Gasteiger partial charge in [-0.1, -0.05) is 13.8 Å². The molecule has 0 N–H and O–H groups in total. The van der Waals surface area contributed by atoms with Gasteiger partial charge in [-0.3, -0.25) is 15.0 Å². The van der Waals surface area contributed by atoms with Crippen LogP contribution in [0.15, 0.2) is 12.1 Å². The second kappa shape index (κ2) is 5.29. The lowest BCUT2D eigenvalue weighted by molar-refractivity contribution is -0.383. The first-order valence-electron chi connectivity index (χ1n) is 8.87. The monoisotopic (exact) mass is 325 g/mol. The van der Waals surface area contributed by atoms with Crippen LogP contribution in [-0.2, 0) is 11.8 Å². The standard InChI is InChI=1S/C19H23N3O2/c1-12-17-8-14-9-18(22(23)24)16(20-3)10-15(14)19(12,2)6-7-21(17)11-13-4-5-13/h9-10,12-13,17H,4-8,11H2,1-2H3/t12-,17?,19-/m0/s1. The zero-order valence-electron chi connectivity index (χ0n) is 14.3. The molecular weight excluding hydrogens is 302 g/mol. The number of nitro benzene ring substituents is 1. The van der Waals surface area contributed by atoms with E-state index in [2.05, 4.69) is 23.6 Å². The van der Waals surface area contributed by atoms with Crippen molar-refractivity contribution in [3.8, 4) is 0 Å². The molecule has 1 aliphatic heterocycles. The molecule has 0 spiro atoms. The second-order valence-corrected chi connectivity index (χ2v) is 8.03. The molecule has 1 heterocycles. The number of rotatable bonds is 3. The Morgan fingerprint density at radius 1 is 1.46 bits per heavy atom. The van der Waals surface area contributed by atoms with Crippen LogP contribution in [0.2, 0.25) is 0 Å². The first-order valence-corrected chi connectivity index (χ1v) is 8.87. The van der Waals surface area contributed by atoms with E-state index < -0.39 is 4.92 Å². The Hall–Kier alpha value is -1.93. The van der Waals surface area contributed by atoms with Gasteiger partial charge in [0.25, 0.3) is 11.4 Å². The van der Waals surface area contributed by atoms with Gasteiger partial charge >= 0.3 is 0 Å². The summed E-state index contributed by atoms with van der Waals surface area (Å²) in [5, 5.41) is 11.3. The molecule has 0 amide bonds. The molecule has 4 rings (SSSR count). The first kappa shape index (κ1) is 15.6. The van der Waals surface area contributed by atoms with Gasteiger partial charge in [0.15, 0.2) is 0 Å². The normalized spacial score (nSPS) is 32.0. The van der Waals surface area contributed by atoms with E-state index in [1.807, 2.05) is 6.07 Å². The molecule has 1 saturated heterocycles. The molecular formula is C19H23N3O2. The van der Waals surface area contributed by atoms with E-state index in [1.165, 1.54) is 24.9 Å². The topological polar surface area (TPSA) is 50.7 Å². The van der Waals surface area contributed by atoms with Crippen LogP contribution >= 0.6 is 0 Å². The number of hydrogen-bond donors (Lipinski definition) is 0. The molecule has 2 aliphatic carbocycles. The molecule has 3 aliphatic rings. The molecule has 3 atom stereocenters. The Kier molecular flexibility index (Phi) is 3.43. The minimum absolute atomic E-state index is 0.0207. The van der Waals surface area contributed by atoms with Crippen molar-refractivity contribution in [2.75, 3.05) is 13.1 Å². The summed E-state index contributed by atoms with van der Waals surface area (Å²) in [6, 6.07) is 3.96. The number of nitro groups is 1. The third-order valence-electron chi connectivity index (χ3n) is 6.72. The van der Waals surface area contributed by atoms with Crippen LogP contribution in [0.4, 0.5) is 11.4 Å². The zero-order chi connectivity index (χ0) is 17.1. The van der Waals surface area contributed by atoms with Gasteiger partial charge in [0.1, 0.15) is 0 Å². The fourth-order valence-corrected chi connectivity index (χ4v) is 4.84. The molecule has 5 heteroatoms. The number of nitrogens with zero attached hydrogens (tertiary/aromatic N) is 3. The van der Waals surface area contributed by atoms with Crippen LogP contribution in [0.1, 0.15) is 44.2 Å². The van der Waals surface area contributed by atoms with E-state index in [0.717, 1.165) is 30.9 Å². The summed E-state index contributed by atoms with van der Waals surface area (Å²) in [7, 11) is 0. The fourth-order valence-electron chi connectivity index (χ4n) is 4.84. The van der Waals surface area contributed by atoms with Gasteiger partial charge in [0, 0.05) is 18.7 Å². The van der Waals surface area contributed by atoms with E-state index in [4.69, 9.17) is 6.57 Å². The highest BCUT2D eigenvalue weighted by molar-refractivity contribution is 5.67. The van der Waals surface area contributed by atoms with Gasteiger partial charge in [-0.15, -0.1) is 0 Å². The van der Waals surface area contributed by atoms with Gasteiger partial charge in [0.2, 0.25) is 0 Å². The van der Waals surface area contributed by atoms with Crippen molar-refractivity contribution in [3.05, 3.63) is 44.8 Å². The third kappa shape index (κ3) is 2.24. The van der Waals surface area contributed by atoms with E-state index in [0.29, 0.717) is 12.0 Å². The SMILES string of the molecule is [C-]#[N+]c1cc2c(cc1[N+](=O)[O-])CC1[C@H](C)[C@]2(C)CCN1CC1CC1. The molecule has 1 unspecified atom stereocenters. The van der Waals surface area contributed by atoms with Crippen LogP contribution in [-0.4, -0.2) is 29.0 Å². The second-order valence-electron chi connectivity index (χ2n) is 8.03.